The molecular formula is C16H17BrClNO2. The molecule has 21 heavy (non-hydrogen) atoms. The first kappa shape index (κ1) is 16.3. The molecule has 0 aliphatic carbocycles. The third kappa shape index (κ3) is 4.20. The number of benzene rings is 2. The Kier molecular flexibility index (Phi) is 6.06. The van der Waals surface area contributed by atoms with Gasteiger partial charge in [-0.3, -0.25) is 0 Å². The lowest BCUT2D eigenvalue weighted by Gasteiger charge is -2.18. The third-order valence-corrected chi connectivity index (χ3v) is 3.93. The van der Waals surface area contributed by atoms with Gasteiger partial charge in [0.1, 0.15) is 12.4 Å². The van der Waals surface area contributed by atoms with Gasteiger partial charge in [-0.2, -0.15) is 0 Å². The molecular weight excluding hydrogens is 354 g/mol. The van der Waals surface area contributed by atoms with Crippen molar-refractivity contribution in [3.8, 4) is 5.75 Å². The third-order valence-electron chi connectivity index (χ3n) is 3.09. The molecule has 3 nitrogen and oxygen atoms in total. The summed E-state index contributed by atoms with van der Waals surface area (Å²) in [5, 5.41) is 0.636. The van der Waals surface area contributed by atoms with E-state index in [9.17, 15) is 0 Å². The molecule has 0 radical (unpaired) electrons. The highest BCUT2D eigenvalue weighted by Crippen LogP contribution is 2.33. The van der Waals surface area contributed by atoms with Gasteiger partial charge in [-0.15, -0.1) is 0 Å². The van der Waals surface area contributed by atoms with E-state index in [1.54, 1.807) is 7.11 Å². The number of halogens is 2. The first-order chi connectivity index (χ1) is 10.1. The van der Waals surface area contributed by atoms with Crippen molar-refractivity contribution in [1.82, 2.24) is 0 Å². The topological polar surface area (TPSA) is 44.5 Å². The van der Waals surface area contributed by atoms with Gasteiger partial charge in [0.2, 0.25) is 0 Å². The highest BCUT2D eigenvalue weighted by Gasteiger charge is 2.17. The summed E-state index contributed by atoms with van der Waals surface area (Å²) in [6, 6.07) is 13.0. The van der Waals surface area contributed by atoms with E-state index < -0.39 is 0 Å². The van der Waals surface area contributed by atoms with Crippen molar-refractivity contribution in [3.63, 3.8) is 0 Å². The van der Waals surface area contributed by atoms with E-state index in [4.69, 9.17) is 26.8 Å². The van der Waals surface area contributed by atoms with Crippen LogP contribution in [0, 0.1) is 0 Å². The van der Waals surface area contributed by atoms with Gasteiger partial charge in [0.05, 0.1) is 12.6 Å². The molecule has 1 unspecified atom stereocenters. The van der Waals surface area contributed by atoms with Crippen molar-refractivity contribution >= 4 is 27.5 Å². The minimum Gasteiger partial charge on any atom is -0.491 e. The van der Waals surface area contributed by atoms with E-state index in [1.807, 2.05) is 42.5 Å². The fraction of sp³-hybridized carbons (Fsp3) is 0.250. The molecule has 2 N–H and O–H groups in total. The van der Waals surface area contributed by atoms with E-state index in [1.165, 1.54) is 0 Å². The summed E-state index contributed by atoms with van der Waals surface area (Å²) in [7, 11) is 1.64. The van der Waals surface area contributed by atoms with Crippen LogP contribution in [0.2, 0.25) is 5.02 Å². The zero-order valence-corrected chi connectivity index (χ0v) is 14.0. The van der Waals surface area contributed by atoms with Crippen LogP contribution in [-0.2, 0) is 4.74 Å². The number of nitrogens with two attached hydrogens (primary N) is 1. The summed E-state index contributed by atoms with van der Waals surface area (Å²) < 4.78 is 11.7. The van der Waals surface area contributed by atoms with Crippen LogP contribution >= 0.6 is 27.5 Å². The standard InChI is InChI=1S/C16H17BrClNO2/c1-20-8-9-21-15-5-3-2-4-12(15)16(19)13-10-11(17)6-7-14(13)18/h2-7,10,16H,8-9,19H2,1H3. The molecule has 0 amide bonds. The van der Waals surface area contributed by atoms with Gasteiger partial charge in [0, 0.05) is 22.2 Å². The van der Waals surface area contributed by atoms with E-state index in [0.29, 0.717) is 18.2 Å². The Labute approximate surface area is 138 Å². The van der Waals surface area contributed by atoms with Crippen LogP contribution in [0.15, 0.2) is 46.9 Å². The molecule has 0 saturated heterocycles. The van der Waals surface area contributed by atoms with E-state index in [-0.39, 0.29) is 6.04 Å². The maximum absolute atomic E-state index is 6.37. The molecule has 0 saturated carbocycles. The molecule has 0 aromatic heterocycles. The van der Waals surface area contributed by atoms with E-state index >= 15 is 0 Å². The molecule has 2 aromatic carbocycles. The second kappa shape index (κ2) is 7.80. The number of methoxy groups -OCH3 is 1. The highest BCUT2D eigenvalue weighted by atomic mass is 79.9. The van der Waals surface area contributed by atoms with Crippen molar-refractivity contribution in [3.05, 3.63) is 63.1 Å². The maximum Gasteiger partial charge on any atom is 0.124 e. The van der Waals surface area contributed by atoms with Crippen molar-refractivity contribution in [2.45, 2.75) is 6.04 Å². The van der Waals surface area contributed by atoms with Crippen LogP contribution in [0.5, 0.6) is 5.75 Å². The number of para-hydroxylation sites is 1. The highest BCUT2D eigenvalue weighted by molar-refractivity contribution is 9.10. The fourth-order valence-corrected chi connectivity index (χ4v) is 2.64. The Balaban J connectivity index is 2.30. The van der Waals surface area contributed by atoms with Gasteiger partial charge in [-0.1, -0.05) is 45.7 Å². The summed E-state index contributed by atoms with van der Waals surface area (Å²) >= 11 is 9.70. The quantitative estimate of drug-likeness (QED) is 0.776. The second-order valence-electron chi connectivity index (χ2n) is 4.52. The number of hydrogen-bond donors (Lipinski definition) is 1. The van der Waals surface area contributed by atoms with Gasteiger partial charge >= 0.3 is 0 Å². The zero-order chi connectivity index (χ0) is 15.2. The summed E-state index contributed by atoms with van der Waals surface area (Å²) in [6.45, 7) is 1.01. The van der Waals surface area contributed by atoms with Gasteiger partial charge < -0.3 is 15.2 Å². The molecule has 2 aromatic rings. The molecule has 0 spiro atoms. The lowest BCUT2D eigenvalue weighted by atomic mass is 9.99. The molecule has 1 atom stereocenters. The fourth-order valence-electron chi connectivity index (χ4n) is 2.02. The molecule has 2 rings (SSSR count). The van der Waals surface area contributed by atoms with Crippen LogP contribution < -0.4 is 10.5 Å². The van der Waals surface area contributed by atoms with Crippen molar-refractivity contribution in [1.29, 1.82) is 0 Å². The normalized spacial score (nSPS) is 12.2. The van der Waals surface area contributed by atoms with Crippen LogP contribution in [-0.4, -0.2) is 20.3 Å². The van der Waals surface area contributed by atoms with Crippen molar-refractivity contribution in [2.24, 2.45) is 5.73 Å². The lowest BCUT2D eigenvalue weighted by molar-refractivity contribution is 0.145. The van der Waals surface area contributed by atoms with Gasteiger partial charge in [0.25, 0.3) is 0 Å². The second-order valence-corrected chi connectivity index (χ2v) is 5.85. The minimum atomic E-state index is -0.353. The Morgan fingerprint density at radius 2 is 1.90 bits per heavy atom. The Morgan fingerprint density at radius 1 is 1.14 bits per heavy atom. The SMILES string of the molecule is COCCOc1ccccc1C(N)c1cc(Br)ccc1Cl. The molecule has 5 heteroatoms. The largest absolute Gasteiger partial charge is 0.491 e. The molecule has 0 aliphatic heterocycles. The molecule has 0 aliphatic rings. The Hall–Kier alpha value is -1.07. The number of ether oxygens (including phenoxy) is 2. The van der Waals surface area contributed by atoms with E-state index in [2.05, 4.69) is 15.9 Å². The molecule has 0 bridgehead atoms. The lowest BCUT2D eigenvalue weighted by Crippen LogP contribution is -2.15. The molecule has 0 fully saturated rings. The van der Waals surface area contributed by atoms with Gasteiger partial charge in [-0.05, 0) is 29.8 Å². The minimum absolute atomic E-state index is 0.353. The predicted molar refractivity (Wildman–Crippen MR) is 89.0 cm³/mol. The smallest absolute Gasteiger partial charge is 0.124 e. The first-order valence-electron chi connectivity index (χ1n) is 6.54. The predicted octanol–water partition coefficient (Wildman–Crippen LogP) is 4.18. The average molecular weight is 371 g/mol. The van der Waals surface area contributed by atoms with Gasteiger partial charge in [0.15, 0.2) is 0 Å². The number of hydrogen-bond acceptors (Lipinski definition) is 3. The summed E-state index contributed by atoms with van der Waals surface area (Å²) in [4.78, 5) is 0. The summed E-state index contributed by atoms with van der Waals surface area (Å²) in [6.07, 6.45) is 0. The number of rotatable bonds is 6. The van der Waals surface area contributed by atoms with Crippen molar-refractivity contribution < 1.29 is 9.47 Å². The van der Waals surface area contributed by atoms with Gasteiger partial charge in [-0.25, -0.2) is 0 Å². The summed E-state index contributed by atoms with van der Waals surface area (Å²) in [5.41, 5.74) is 8.13. The Bertz CT molecular complexity index is 607. The summed E-state index contributed by atoms with van der Waals surface area (Å²) in [5.74, 6) is 0.748. The monoisotopic (exact) mass is 369 g/mol. The zero-order valence-electron chi connectivity index (χ0n) is 11.7. The van der Waals surface area contributed by atoms with Crippen LogP contribution in [0.25, 0.3) is 0 Å². The van der Waals surface area contributed by atoms with Crippen LogP contribution in [0.4, 0.5) is 0 Å². The average Bonchev–Trinajstić information content (AvgIpc) is 2.50. The van der Waals surface area contributed by atoms with E-state index in [0.717, 1.165) is 21.3 Å². The molecule has 0 heterocycles. The van der Waals surface area contributed by atoms with Crippen LogP contribution in [0.1, 0.15) is 17.2 Å². The molecule has 112 valence electrons. The van der Waals surface area contributed by atoms with Crippen molar-refractivity contribution in [2.75, 3.05) is 20.3 Å². The van der Waals surface area contributed by atoms with Crippen LogP contribution in [0.3, 0.4) is 0 Å². The maximum atomic E-state index is 6.37. The Morgan fingerprint density at radius 3 is 2.67 bits per heavy atom. The first-order valence-corrected chi connectivity index (χ1v) is 7.71.